The highest BCUT2D eigenvalue weighted by molar-refractivity contribution is 6.31. The van der Waals surface area contributed by atoms with Gasteiger partial charge in [0.25, 0.3) is 0 Å². The van der Waals surface area contributed by atoms with Crippen molar-refractivity contribution >= 4 is 53.5 Å². The second kappa shape index (κ2) is 7.40. The van der Waals surface area contributed by atoms with Crippen LogP contribution in [0.1, 0.15) is 18.4 Å². The van der Waals surface area contributed by atoms with Gasteiger partial charge < -0.3 is 16.0 Å². The average molecular weight is 387 g/mol. The summed E-state index contributed by atoms with van der Waals surface area (Å²) in [6, 6.07) is 14.4. The second-order valence-electron chi connectivity index (χ2n) is 6.34. The molecule has 2 aromatic rings. The molecule has 24 heavy (non-hydrogen) atoms. The Kier molecular flexibility index (Phi) is 5.92. The number of anilines is 3. The maximum atomic E-state index is 6.27. The quantitative estimate of drug-likeness (QED) is 0.707. The molecule has 0 aliphatic carbocycles. The zero-order valence-electron chi connectivity index (χ0n) is 13.3. The van der Waals surface area contributed by atoms with Gasteiger partial charge in [0.15, 0.2) is 0 Å². The first-order chi connectivity index (χ1) is 10.7. The van der Waals surface area contributed by atoms with Crippen LogP contribution >= 0.6 is 36.4 Å². The first kappa shape index (κ1) is 19.2. The van der Waals surface area contributed by atoms with Crippen LogP contribution in [0.4, 0.5) is 17.1 Å². The molecule has 2 aromatic carbocycles. The maximum absolute atomic E-state index is 6.27. The van der Waals surface area contributed by atoms with Gasteiger partial charge in [-0.15, -0.1) is 24.8 Å². The van der Waals surface area contributed by atoms with Crippen molar-refractivity contribution in [2.75, 3.05) is 30.3 Å². The molecule has 1 saturated heterocycles. The van der Waals surface area contributed by atoms with Crippen LogP contribution in [0.2, 0.25) is 5.02 Å². The zero-order chi connectivity index (χ0) is 15.2. The minimum Gasteiger partial charge on any atom is -0.397 e. The van der Waals surface area contributed by atoms with Crippen LogP contribution in [0.3, 0.4) is 0 Å². The number of nitrogens with two attached hydrogens (primary N) is 1. The molecule has 3 nitrogen and oxygen atoms in total. The molecule has 3 N–H and O–H groups in total. The number of nitrogens with one attached hydrogen (secondary N) is 1. The molecule has 0 aromatic heterocycles. The summed E-state index contributed by atoms with van der Waals surface area (Å²) in [5, 5.41) is 4.26. The first-order valence-electron chi connectivity index (χ1n) is 7.82. The first-order valence-corrected chi connectivity index (χ1v) is 8.20. The highest BCUT2D eigenvalue weighted by Gasteiger charge is 2.44. The third-order valence-electron chi connectivity index (χ3n) is 5.07. The van der Waals surface area contributed by atoms with Crippen molar-refractivity contribution in [1.82, 2.24) is 5.32 Å². The highest BCUT2D eigenvalue weighted by atomic mass is 35.5. The fourth-order valence-electron chi connectivity index (χ4n) is 3.93. The van der Waals surface area contributed by atoms with E-state index in [0.717, 1.165) is 48.9 Å². The lowest BCUT2D eigenvalue weighted by atomic mass is 9.75. The van der Waals surface area contributed by atoms with Gasteiger partial charge >= 0.3 is 0 Å². The summed E-state index contributed by atoms with van der Waals surface area (Å²) in [6.45, 7) is 3.12. The van der Waals surface area contributed by atoms with Gasteiger partial charge in [-0.1, -0.05) is 29.8 Å². The molecule has 0 radical (unpaired) electrons. The number of nitrogens with zero attached hydrogens (tertiary/aromatic N) is 1. The summed E-state index contributed by atoms with van der Waals surface area (Å²) >= 11 is 6.27. The van der Waals surface area contributed by atoms with Crippen molar-refractivity contribution in [1.29, 1.82) is 0 Å². The Hall–Kier alpha value is -1.13. The lowest BCUT2D eigenvalue weighted by molar-refractivity contribution is 0.329. The number of piperidine rings is 1. The minimum atomic E-state index is 0. The summed E-state index contributed by atoms with van der Waals surface area (Å²) in [6.07, 6.45) is 2.32. The van der Waals surface area contributed by atoms with E-state index in [4.69, 9.17) is 17.3 Å². The van der Waals surface area contributed by atoms with Gasteiger partial charge in [-0.2, -0.15) is 0 Å². The molecule has 2 aliphatic rings. The van der Waals surface area contributed by atoms with Gasteiger partial charge in [0.05, 0.1) is 11.4 Å². The van der Waals surface area contributed by atoms with E-state index < -0.39 is 0 Å². The van der Waals surface area contributed by atoms with Crippen molar-refractivity contribution in [2.24, 2.45) is 0 Å². The molecule has 1 spiro atoms. The van der Waals surface area contributed by atoms with Crippen LogP contribution in [0.15, 0.2) is 42.5 Å². The van der Waals surface area contributed by atoms with Crippen molar-refractivity contribution in [3.05, 3.63) is 53.1 Å². The van der Waals surface area contributed by atoms with Crippen LogP contribution in [-0.2, 0) is 5.41 Å². The molecule has 4 rings (SSSR count). The predicted octanol–water partition coefficient (Wildman–Crippen LogP) is 4.54. The topological polar surface area (TPSA) is 41.3 Å². The van der Waals surface area contributed by atoms with E-state index in [1.54, 1.807) is 0 Å². The minimum absolute atomic E-state index is 0. The molecular formula is C18H22Cl3N3. The monoisotopic (exact) mass is 385 g/mol. The largest absolute Gasteiger partial charge is 0.397 e. The predicted molar refractivity (Wildman–Crippen MR) is 108 cm³/mol. The SMILES string of the molecule is Cl.Cl.Nc1ccccc1N1CC2(CCNCC2)c2ccc(Cl)cc21. The molecule has 0 saturated carbocycles. The summed E-state index contributed by atoms with van der Waals surface area (Å²) < 4.78 is 0. The Balaban J connectivity index is 0.00000104. The summed E-state index contributed by atoms with van der Waals surface area (Å²) in [7, 11) is 0. The number of rotatable bonds is 1. The van der Waals surface area contributed by atoms with Crippen LogP contribution < -0.4 is 16.0 Å². The van der Waals surface area contributed by atoms with Gasteiger partial charge in [-0.3, -0.25) is 0 Å². The van der Waals surface area contributed by atoms with Gasteiger partial charge in [0, 0.05) is 22.7 Å². The Morgan fingerprint density at radius 2 is 1.71 bits per heavy atom. The third-order valence-corrected chi connectivity index (χ3v) is 5.31. The van der Waals surface area contributed by atoms with Gasteiger partial charge in [-0.05, 0) is 55.8 Å². The molecule has 6 heteroatoms. The number of fused-ring (bicyclic) bond motifs is 2. The van der Waals surface area contributed by atoms with Crippen LogP contribution in [-0.4, -0.2) is 19.6 Å². The van der Waals surface area contributed by atoms with E-state index in [9.17, 15) is 0 Å². The van der Waals surface area contributed by atoms with E-state index in [1.807, 2.05) is 24.3 Å². The van der Waals surface area contributed by atoms with Crippen LogP contribution in [0, 0.1) is 0 Å². The maximum Gasteiger partial charge on any atom is 0.0644 e. The van der Waals surface area contributed by atoms with Crippen LogP contribution in [0.5, 0.6) is 0 Å². The molecular weight excluding hydrogens is 365 g/mol. The highest BCUT2D eigenvalue weighted by Crippen LogP contribution is 2.50. The number of hydrogen-bond acceptors (Lipinski definition) is 3. The number of hydrogen-bond donors (Lipinski definition) is 2. The van der Waals surface area contributed by atoms with Crippen molar-refractivity contribution in [3.63, 3.8) is 0 Å². The molecule has 0 amide bonds. The third kappa shape index (κ3) is 3.06. The van der Waals surface area contributed by atoms with Crippen LogP contribution in [0.25, 0.3) is 0 Å². The zero-order valence-corrected chi connectivity index (χ0v) is 15.7. The van der Waals surface area contributed by atoms with Crippen molar-refractivity contribution in [2.45, 2.75) is 18.3 Å². The number of halogens is 3. The molecule has 0 bridgehead atoms. The molecule has 2 heterocycles. The van der Waals surface area contributed by atoms with E-state index >= 15 is 0 Å². The lowest BCUT2D eigenvalue weighted by Gasteiger charge is -2.35. The van der Waals surface area contributed by atoms with E-state index in [-0.39, 0.29) is 30.2 Å². The van der Waals surface area contributed by atoms with Gasteiger partial charge in [0.2, 0.25) is 0 Å². The summed E-state index contributed by atoms with van der Waals surface area (Å²) in [5.74, 6) is 0. The summed E-state index contributed by atoms with van der Waals surface area (Å²) in [4.78, 5) is 2.35. The van der Waals surface area contributed by atoms with Gasteiger partial charge in [-0.25, -0.2) is 0 Å². The fraction of sp³-hybridized carbons (Fsp3) is 0.333. The smallest absolute Gasteiger partial charge is 0.0644 e. The fourth-order valence-corrected chi connectivity index (χ4v) is 4.10. The standard InChI is InChI=1S/C18H20ClN3.2ClH/c19-13-5-6-14-17(11-13)22(16-4-2-1-3-15(16)20)12-18(14)7-9-21-10-8-18;;/h1-6,11,21H,7-10,12,20H2;2*1H. The molecule has 130 valence electrons. The molecule has 0 atom stereocenters. The number of benzene rings is 2. The van der Waals surface area contributed by atoms with Crippen molar-refractivity contribution < 1.29 is 0 Å². The number of nitrogen functional groups attached to an aromatic ring is 1. The normalized spacial score (nSPS) is 17.8. The van der Waals surface area contributed by atoms with E-state index in [0.29, 0.717) is 0 Å². The molecule has 0 unspecified atom stereocenters. The van der Waals surface area contributed by atoms with E-state index in [1.165, 1.54) is 11.3 Å². The molecule has 2 aliphatic heterocycles. The average Bonchev–Trinajstić information content (AvgIpc) is 2.82. The second-order valence-corrected chi connectivity index (χ2v) is 6.77. The Morgan fingerprint density at radius 1 is 1.00 bits per heavy atom. The Labute approximate surface area is 160 Å². The van der Waals surface area contributed by atoms with Crippen molar-refractivity contribution in [3.8, 4) is 0 Å². The molecule has 1 fully saturated rings. The van der Waals surface area contributed by atoms with Gasteiger partial charge in [0.1, 0.15) is 0 Å². The van der Waals surface area contributed by atoms with E-state index in [2.05, 4.69) is 28.4 Å². The number of para-hydroxylation sites is 2. The lowest BCUT2D eigenvalue weighted by Crippen LogP contribution is -2.42. The summed E-state index contributed by atoms with van der Waals surface area (Å²) in [5.41, 5.74) is 11.0. The Morgan fingerprint density at radius 3 is 2.42 bits per heavy atom. The Bertz CT molecular complexity index is 714.